The van der Waals surface area contributed by atoms with Gasteiger partial charge in [-0.05, 0) is 22.0 Å². The summed E-state index contributed by atoms with van der Waals surface area (Å²) in [5.41, 5.74) is 1.19. The predicted octanol–water partition coefficient (Wildman–Crippen LogP) is 1.83. The molecule has 2 aromatic heterocycles. The van der Waals surface area contributed by atoms with E-state index in [0.29, 0.717) is 11.4 Å². The highest BCUT2D eigenvalue weighted by molar-refractivity contribution is 9.10. The number of aromatic nitrogens is 3. The monoisotopic (exact) mass is 280 g/mol. The molecular formula is C10H9BrN4O. The number of amides is 1. The van der Waals surface area contributed by atoms with Gasteiger partial charge in [-0.25, -0.2) is 4.98 Å². The maximum Gasteiger partial charge on any atom is 0.273 e. The fourth-order valence-corrected chi connectivity index (χ4v) is 1.59. The molecule has 0 aromatic carbocycles. The maximum absolute atomic E-state index is 11.8. The highest BCUT2D eigenvalue weighted by atomic mass is 79.9. The third-order valence-corrected chi connectivity index (χ3v) is 2.70. The van der Waals surface area contributed by atoms with Crippen molar-refractivity contribution >= 4 is 27.5 Å². The van der Waals surface area contributed by atoms with Gasteiger partial charge in [-0.3, -0.25) is 9.78 Å². The lowest BCUT2D eigenvalue weighted by atomic mass is 10.3. The first-order chi connectivity index (χ1) is 7.68. The lowest BCUT2D eigenvalue weighted by Crippen LogP contribution is -2.15. The summed E-state index contributed by atoms with van der Waals surface area (Å²) in [6, 6.07) is 1.72. The van der Waals surface area contributed by atoms with Gasteiger partial charge >= 0.3 is 0 Å². The molecule has 6 heteroatoms. The molecule has 0 unspecified atom stereocenters. The zero-order valence-electron chi connectivity index (χ0n) is 8.51. The number of rotatable bonds is 2. The Labute approximate surface area is 101 Å². The number of hydrogen-bond acceptors (Lipinski definition) is 3. The first-order valence-electron chi connectivity index (χ1n) is 4.55. The van der Waals surface area contributed by atoms with Gasteiger partial charge in [-0.1, -0.05) is 0 Å². The Balaban J connectivity index is 2.21. The number of carbonyl (C=O) groups is 1. The Bertz CT molecular complexity index is 523. The van der Waals surface area contributed by atoms with Crippen LogP contribution in [0.25, 0.3) is 0 Å². The molecule has 5 nitrogen and oxygen atoms in total. The SMILES string of the molecule is Cn1cncc1C(=O)Nc1ccncc1Br. The molecular weight excluding hydrogens is 272 g/mol. The molecule has 0 saturated heterocycles. The average molecular weight is 281 g/mol. The lowest BCUT2D eigenvalue weighted by Gasteiger charge is -2.06. The molecule has 0 radical (unpaired) electrons. The lowest BCUT2D eigenvalue weighted by molar-refractivity contribution is 0.101. The fourth-order valence-electron chi connectivity index (χ4n) is 1.24. The van der Waals surface area contributed by atoms with Crippen molar-refractivity contribution in [3.05, 3.63) is 41.2 Å². The van der Waals surface area contributed by atoms with Gasteiger partial charge in [0.05, 0.1) is 22.7 Å². The highest BCUT2D eigenvalue weighted by Crippen LogP contribution is 2.20. The van der Waals surface area contributed by atoms with Crippen LogP contribution in [0.1, 0.15) is 10.5 Å². The Morgan fingerprint density at radius 2 is 2.25 bits per heavy atom. The fraction of sp³-hybridized carbons (Fsp3) is 0.100. The summed E-state index contributed by atoms with van der Waals surface area (Å²) in [6.07, 6.45) is 6.34. The van der Waals surface area contributed by atoms with E-state index < -0.39 is 0 Å². The van der Waals surface area contributed by atoms with Crippen molar-refractivity contribution in [3.63, 3.8) is 0 Å². The second-order valence-corrected chi connectivity index (χ2v) is 4.05. The summed E-state index contributed by atoms with van der Waals surface area (Å²) in [5.74, 6) is -0.202. The van der Waals surface area contributed by atoms with Crippen molar-refractivity contribution in [2.24, 2.45) is 7.05 Å². The van der Waals surface area contributed by atoms with Crippen LogP contribution in [0.3, 0.4) is 0 Å². The van der Waals surface area contributed by atoms with Crippen LogP contribution in [0.15, 0.2) is 35.5 Å². The summed E-state index contributed by atoms with van der Waals surface area (Å²) in [7, 11) is 1.77. The number of carbonyl (C=O) groups excluding carboxylic acids is 1. The minimum atomic E-state index is -0.202. The summed E-state index contributed by atoms with van der Waals surface area (Å²) in [4.78, 5) is 19.6. The molecule has 0 aliphatic carbocycles. The number of aryl methyl sites for hydroxylation is 1. The van der Waals surface area contributed by atoms with Crippen LogP contribution in [0.5, 0.6) is 0 Å². The van der Waals surface area contributed by atoms with Crippen LogP contribution in [0, 0.1) is 0 Å². The van der Waals surface area contributed by atoms with Crippen LogP contribution >= 0.6 is 15.9 Å². The number of halogens is 1. The largest absolute Gasteiger partial charge is 0.330 e. The van der Waals surface area contributed by atoms with Gasteiger partial charge in [-0.2, -0.15) is 0 Å². The molecule has 2 aromatic rings. The summed E-state index contributed by atoms with van der Waals surface area (Å²) >= 11 is 3.31. The van der Waals surface area contributed by atoms with Crippen LogP contribution in [-0.4, -0.2) is 20.4 Å². The molecule has 1 N–H and O–H groups in total. The van der Waals surface area contributed by atoms with E-state index in [2.05, 4.69) is 31.2 Å². The quantitative estimate of drug-likeness (QED) is 0.913. The molecule has 2 heterocycles. The summed E-state index contributed by atoms with van der Waals surface area (Å²) < 4.78 is 2.40. The molecule has 1 amide bonds. The van der Waals surface area contributed by atoms with Gasteiger partial charge < -0.3 is 9.88 Å². The van der Waals surface area contributed by atoms with Crippen molar-refractivity contribution in [3.8, 4) is 0 Å². The second-order valence-electron chi connectivity index (χ2n) is 3.20. The number of imidazole rings is 1. The van der Waals surface area contributed by atoms with E-state index in [0.717, 1.165) is 4.47 Å². The Kier molecular flexibility index (Phi) is 3.00. The zero-order chi connectivity index (χ0) is 11.5. The molecule has 0 aliphatic heterocycles. The second kappa shape index (κ2) is 4.44. The van der Waals surface area contributed by atoms with Gasteiger partial charge in [0.15, 0.2) is 0 Å². The molecule has 0 atom stereocenters. The minimum Gasteiger partial charge on any atom is -0.330 e. The van der Waals surface area contributed by atoms with E-state index in [1.165, 1.54) is 6.20 Å². The number of nitrogens with zero attached hydrogens (tertiary/aromatic N) is 3. The third kappa shape index (κ3) is 2.11. The van der Waals surface area contributed by atoms with E-state index in [9.17, 15) is 4.79 Å². The molecule has 0 spiro atoms. The molecule has 0 aliphatic rings. The molecule has 82 valence electrons. The predicted molar refractivity (Wildman–Crippen MR) is 63.1 cm³/mol. The van der Waals surface area contributed by atoms with E-state index >= 15 is 0 Å². The van der Waals surface area contributed by atoms with Gasteiger partial charge in [0.1, 0.15) is 5.69 Å². The summed E-state index contributed by atoms with van der Waals surface area (Å²) in [5, 5.41) is 2.77. The average Bonchev–Trinajstić information content (AvgIpc) is 2.68. The van der Waals surface area contributed by atoms with Crippen LogP contribution in [-0.2, 0) is 7.05 Å². The van der Waals surface area contributed by atoms with E-state index in [-0.39, 0.29) is 5.91 Å². The molecule has 0 bridgehead atoms. The molecule has 0 saturated carbocycles. The van der Waals surface area contributed by atoms with Crippen molar-refractivity contribution in [2.75, 3.05) is 5.32 Å². The van der Waals surface area contributed by atoms with Gasteiger partial charge in [-0.15, -0.1) is 0 Å². The topological polar surface area (TPSA) is 59.8 Å². The van der Waals surface area contributed by atoms with Crippen molar-refractivity contribution in [2.45, 2.75) is 0 Å². The standard InChI is InChI=1S/C10H9BrN4O/c1-15-6-13-5-9(15)10(16)14-8-2-3-12-4-7(8)11/h2-6H,1H3,(H,12,14,16). The molecule has 0 fully saturated rings. The van der Waals surface area contributed by atoms with E-state index in [1.807, 2.05) is 0 Å². The number of nitrogens with one attached hydrogen (secondary N) is 1. The Morgan fingerprint density at radius 1 is 1.44 bits per heavy atom. The first-order valence-corrected chi connectivity index (χ1v) is 5.35. The van der Waals surface area contributed by atoms with Crippen LogP contribution in [0.2, 0.25) is 0 Å². The third-order valence-electron chi connectivity index (χ3n) is 2.07. The maximum atomic E-state index is 11.8. The van der Waals surface area contributed by atoms with Gasteiger partial charge in [0.2, 0.25) is 0 Å². The van der Waals surface area contributed by atoms with Gasteiger partial charge in [0.25, 0.3) is 5.91 Å². The van der Waals surface area contributed by atoms with Crippen LogP contribution in [0.4, 0.5) is 5.69 Å². The Morgan fingerprint density at radius 3 is 2.88 bits per heavy atom. The van der Waals surface area contributed by atoms with Crippen molar-refractivity contribution in [1.29, 1.82) is 0 Å². The molecule has 2 rings (SSSR count). The number of hydrogen-bond donors (Lipinski definition) is 1. The van der Waals surface area contributed by atoms with E-state index in [1.54, 1.807) is 36.4 Å². The van der Waals surface area contributed by atoms with Crippen molar-refractivity contribution in [1.82, 2.24) is 14.5 Å². The first kappa shape index (κ1) is 10.8. The number of pyridine rings is 1. The Hall–Kier alpha value is -1.69. The van der Waals surface area contributed by atoms with E-state index in [4.69, 9.17) is 0 Å². The highest BCUT2D eigenvalue weighted by Gasteiger charge is 2.11. The normalized spacial score (nSPS) is 10.1. The number of anilines is 1. The zero-order valence-corrected chi connectivity index (χ0v) is 10.1. The smallest absolute Gasteiger partial charge is 0.273 e. The van der Waals surface area contributed by atoms with Crippen LogP contribution < -0.4 is 5.32 Å². The summed E-state index contributed by atoms with van der Waals surface area (Å²) in [6.45, 7) is 0. The molecule has 16 heavy (non-hydrogen) atoms. The van der Waals surface area contributed by atoms with Crippen molar-refractivity contribution < 1.29 is 4.79 Å². The van der Waals surface area contributed by atoms with Gasteiger partial charge in [0, 0.05) is 19.4 Å². The minimum absolute atomic E-state index is 0.202.